The SMILES string of the molecule is CN(Cc1ccc(N)c(F)c1)Cc1ccccn1. The number of nitrogens with zero attached hydrogens (tertiary/aromatic N) is 2. The molecule has 1 aromatic heterocycles. The Balaban J connectivity index is 1.99. The number of nitrogen functional groups attached to an aromatic ring is 1. The molecule has 1 heterocycles. The van der Waals surface area contributed by atoms with E-state index in [9.17, 15) is 4.39 Å². The number of hydrogen-bond donors (Lipinski definition) is 1. The van der Waals surface area contributed by atoms with E-state index in [0.29, 0.717) is 6.54 Å². The van der Waals surface area contributed by atoms with Gasteiger partial charge in [0.05, 0.1) is 11.4 Å². The summed E-state index contributed by atoms with van der Waals surface area (Å²) in [5.41, 5.74) is 7.53. The predicted molar refractivity (Wildman–Crippen MR) is 70.2 cm³/mol. The van der Waals surface area contributed by atoms with E-state index in [0.717, 1.165) is 17.8 Å². The Hall–Kier alpha value is -1.94. The lowest BCUT2D eigenvalue weighted by Gasteiger charge is -2.16. The second-order valence-corrected chi connectivity index (χ2v) is 4.35. The summed E-state index contributed by atoms with van der Waals surface area (Å²) < 4.78 is 13.3. The first kappa shape index (κ1) is 12.5. The molecule has 0 radical (unpaired) electrons. The second kappa shape index (κ2) is 5.60. The minimum absolute atomic E-state index is 0.186. The largest absolute Gasteiger partial charge is 0.396 e. The van der Waals surface area contributed by atoms with E-state index in [-0.39, 0.29) is 11.5 Å². The van der Waals surface area contributed by atoms with E-state index >= 15 is 0 Å². The van der Waals surface area contributed by atoms with Crippen molar-refractivity contribution in [3.8, 4) is 0 Å². The van der Waals surface area contributed by atoms with Gasteiger partial charge < -0.3 is 5.73 Å². The molecule has 0 fully saturated rings. The number of halogens is 1. The summed E-state index contributed by atoms with van der Waals surface area (Å²) in [6.07, 6.45) is 1.77. The lowest BCUT2D eigenvalue weighted by atomic mass is 10.2. The van der Waals surface area contributed by atoms with Crippen molar-refractivity contribution in [2.75, 3.05) is 12.8 Å². The minimum atomic E-state index is -0.362. The van der Waals surface area contributed by atoms with E-state index in [1.165, 1.54) is 6.07 Å². The van der Waals surface area contributed by atoms with E-state index in [1.54, 1.807) is 12.3 Å². The highest BCUT2D eigenvalue weighted by atomic mass is 19.1. The number of benzene rings is 1. The lowest BCUT2D eigenvalue weighted by molar-refractivity contribution is 0.314. The van der Waals surface area contributed by atoms with Crippen LogP contribution in [0.15, 0.2) is 42.6 Å². The first-order valence-corrected chi connectivity index (χ1v) is 5.77. The van der Waals surface area contributed by atoms with Gasteiger partial charge in [-0.2, -0.15) is 0 Å². The molecule has 0 saturated carbocycles. The van der Waals surface area contributed by atoms with Gasteiger partial charge in [0.1, 0.15) is 5.82 Å². The van der Waals surface area contributed by atoms with Gasteiger partial charge in [0, 0.05) is 19.3 Å². The molecular weight excluding hydrogens is 229 g/mol. The maximum absolute atomic E-state index is 13.3. The normalized spacial score (nSPS) is 10.8. The van der Waals surface area contributed by atoms with E-state index in [1.807, 2.05) is 31.3 Å². The molecule has 0 aliphatic carbocycles. The van der Waals surface area contributed by atoms with Gasteiger partial charge >= 0.3 is 0 Å². The number of hydrogen-bond acceptors (Lipinski definition) is 3. The van der Waals surface area contributed by atoms with Gasteiger partial charge in [-0.1, -0.05) is 12.1 Å². The van der Waals surface area contributed by atoms with Crippen LogP contribution in [-0.2, 0) is 13.1 Å². The first-order chi connectivity index (χ1) is 8.65. The standard InChI is InChI=1S/C14H16FN3/c1-18(10-12-4-2-3-7-17-12)9-11-5-6-14(16)13(15)8-11/h2-8H,9-10,16H2,1H3. The van der Waals surface area contributed by atoms with Crippen LogP contribution in [0.3, 0.4) is 0 Å². The molecule has 0 atom stereocenters. The highest BCUT2D eigenvalue weighted by molar-refractivity contribution is 5.41. The van der Waals surface area contributed by atoms with Crippen molar-refractivity contribution in [2.24, 2.45) is 0 Å². The van der Waals surface area contributed by atoms with Crippen LogP contribution in [0.25, 0.3) is 0 Å². The average Bonchev–Trinajstić information content (AvgIpc) is 2.35. The van der Waals surface area contributed by atoms with E-state index < -0.39 is 0 Å². The van der Waals surface area contributed by atoms with Gasteiger partial charge in [-0.15, -0.1) is 0 Å². The van der Waals surface area contributed by atoms with Crippen LogP contribution in [0.2, 0.25) is 0 Å². The Morgan fingerprint density at radius 1 is 1.22 bits per heavy atom. The van der Waals surface area contributed by atoms with Gasteiger partial charge in [0.25, 0.3) is 0 Å². The van der Waals surface area contributed by atoms with Gasteiger partial charge in [0.2, 0.25) is 0 Å². The van der Waals surface area contributed by atoms with Gasteiger partial charge in [-0.3, -0.25) is 9.88 Å². The Bertz CT molecular complexity index is 514. The van der Waals surface area contributed by atoms with Crippen molar-refractivity contribution in [3.63, 3.8) is 0 Å². The van der Waals surface area contributed by atoms with Crippen molar-refractivity contribution in [1.82, 2.24) is 9.88 Å². The van der Waals surface area contributed by atoms with Gasteiger partial charge in [-0.05, 0) is 36.9 Å². The fourth-order valence-corrected chi connectivity index (χ4v) is 1.80. The lowest BCUT2D eigenvalue weighted by Crippen LogP contribution is -2.18. The zero-order valence-corrected chi connectivity index (χ0v) is 10.3. The maximum Gasteiger partial charge on any atom is 0.146 e. The average molecular weight is 245 g/mol. The molecule has 2 aromatic rings. The molecule has 2 N–H and O–H groups in total. The summed E-state index contributed by atoms with van der Waals surface area (Å²) in [7, 11) is 1.98. The zero-order valence-electron chi connectivity index (χ0n) is 10.3. The Labute approximate surface area is 106 Å². The molecule has 0 unspecified atom stereocenters. The highest BCUT2D eigenvalue weighted by Crippen LogP contribution is 2.13. The van der Waals surface area contributed by atoms with Crippen LogP contribution < -0.4 is 5.73 Å². The Morgan fingerprint density at radius 3 is 2.72 bits per heavy atom. The zero-order chi connectivity index (χ0) is 13.0. The van der Waals surface area contributed by atoms with E-state index in [4.69, 9.17) is 5.73 Å². The van der Waals surface area contributed by atoms with Gasteiger partial charge in [0.15, 0.2) is 0 Å². The minimum Gasteiger partial charge on any atom is -0.396 e. The third-order valence-electron chi connectivity index (χ3n) is 2.68. The van der Waals surface area contributed by atoms with Gasteiger partial charge in [-0.25, -0.2) is 4.39 Å². The molecule has 18 heavy (non-hydrogen) atoms. The number of aromatic nitrogens is 1. The summed E-state index contributed by atoms with van der Waals surface area (Å²) in [5, 5.41) is 0. The summed E-state index contributed by atoms with van der Waals surface area (Å²) >= 11 is 0. The summed E-state index contributed by atoms with van der Waals surface area (Å²) in [5.74, 6) is -0.362. The summed E-state index contributed by atoms with van der Waals surface area (Å²) in [6, 6.07) is 10.7. The monoisotopic (exact) mass is 245 g/mol. The third kappa shape index (κ3) is 3.28. The molecule has 1 aromatic carbocycles. The summed E-state index contributed by atoms with van der Waals surface area (Å²) in [6.45, 7) is 1.39. The van der Waals surface area contributed by atoms with Crippen LogP contribution in [-0.4, -0.2) is 16.9 Å². The fourth-order valence-electron chi connectivity index (χ4n) is 1.80. The predicted octanol–water partition coefficient (Wildman–Crippen LogP) is 2.43. The van der Waals surface area contributed by atoms with Crippen molar-refractivity contribution in [2.45, 2.75) is 13.1 Å². The topological polar surface area (TPSA) is 42.1 Å². The maximum atomic E-state index is 13.3. The van der Waals surface area contributed by atoms with Crippen LogP contribution in [0.1, 0.15) is 11.3 Å². The summed E-state index contributed by atoms with van der Waals surface area (Å²) in [4.78, 5) is 6.33. The molecule has 0 spiro atoms. The molecule has 0 aliphatic heterocycles. The molecule has 0 aliphatic rings. The molecule has 0 saturated heterocycles. The number of rotatable bonds is 4. The number of nitrogens with two attached hydrogens (primary N) is 1. The van der Waals surface area contributed by atoms with E-state index in [2.05, 4.69) is 9.88 Å². The number of pyridine rings is 1. The van der Waals surface area contributed by atoms with Crippen LogP contribution >= 0.6 is 0 Å². The van der Waals surface area contributed by atoms with Crippen LogP contribution in [0, 0.1) is 5.82 Å². The molecule has 0 bridgehead atoms. The molecular formula is C14H16FN3. The molecule has 0 amide bonds. The van der Waals surface area contributed by atoms with Crippen LogP contribution in [0.5, 0.6) is 0 Å². The first-order valence-electron chi connectivity index (χ1n) is 5.77. The second-order valence-electron chi connectivity index (χ2n) is 4.35. The van der Waals surface area contributed by atoms with Crippen molar-refractivity contribution >= 4 is 5.69 Å². The molecule has 3 nitrogen and oxygen atoms in total. The van der Waals surface area contributed by atoms with Crippen molar-refractivity contribution in [3.05, 3.63) is 59.7 Å². The number of anilines is 1. The van der Waals surface area contributed by atoms with Crippen molar-refractivity contribution in [1.29, 1.82) is 0 Å². The quantitative estimate of drug-likeness (QED) is 0.841. The van der Waals surface area contributed by atoms with Crippen molar-refractivity contribution < 1.29 is 4.39 Å². The fraction of sp³-hybridized carbons (Fsp3) is 0.214. The Kier molecular flexibility index (Phi) is 3.89. The third-order valence-corrected chi connectivity index (χ3v) is 2.68. The Morgan fingerprint density at radius 2 is 2.06 bits per heavy atom. The molecule has 2 rings (SSSR count). The molecule has 4 heteroatoms. The smallest absolute Gasteiger partial charge is 0.146 e. The van der Waals surface area contributed by atoms with Crippen LogP contribution in [0.4, 0.5) is 10.1 Å². The highest BCUT2D eigenvalue weighted by Gasteiger charge is 2.05. The molecule has 94 valence electrons.